The predicted octanol–water partition coefficient (Wildman–Crippen LogP) is 3.05. The van der Waals surface area contributed by atoms with Crippen LogP contribution in [-0.2, 0) is 10.0 Å². The third-order valence-corrected chi connectivity index (χ3v) is 6.10. The van der Waals surface area contributed by atoms with Gasteiger partial charge in [-0.05, 0) is 43.0 Å². The molecule has 0 bridgehead atoms. The maximum atomic E-state index is 12.5. The second kappa shape index (κ2) is 8.01. The zero-order chi connectivity index (χ0) is 18.6. The van der Waals surface area contributed by atoms with Crippen LogP contribution >= 0.6 is 0 Å². The van der Waals surface area contributed by atoms with Crippen LogP contribution in [0.25, 0.3) is 0 Å². The standard InChI is InChI=1S/C20H24N2O3S/c1-2-15(16-7-4-3-5-8-16)14-21-20(23)17-9-6-10-19(13-17)26(24,25)22-18-11-12-18/h3-10,13,15,18,22H,2,11-12,14H2,1H3,(H,21,23). The van der Waals surface area contributed by atoms with Crippen LogP contribution in [0.2, 0.25) is 0 Å². The molecule has 1 atom stereocenters. The number of sulfonamides is 1. The zero-order valence-electron chi connectivity index (χ0n) is 14.8. The maximum Gasteiger partial charge on any atom is 0.251 e. The van der Waals surface area contributed by atoms with E-state index in [9.17, 15) is 13.2 Å². The fourth-order valence-electron chi connectivity index (χ4n) is 2.83. The van der Waals surface area contributed by atoms with E-state index in [-0.39, 0.29) is 22.8 Å². The monoisotopic (exact) mass is 372 g/mol. The molecule has 0 radical (unpaired) electrons. The van der Waals surface area contributed by atoms with Gasteiger partial charge in [-0.15, -0.1) is 0 Å². The van der Waals surface area contributed by atoms with Gasteiger partial charge in [0.1, 0.15) is 0 Å². The molecule has 3 rings (SSSR count). The summed E-state index contributed by atoms with van der Waals surface area (Å²) in [4.78, 5) is 12.6. The van der Waals surface area contributed by atoms with Crippen LogP contribution in [0.3, 0.4) is 0 Å². The topological polar surface area (TPSA) is 75.3 Å². The Morgan fingerprint density at radius 3 is 2.50 bits per heavy atom. The molecule has 1 aliphatic rings. The first-order chi connectivity index (χ1) is 12.5. The Morgan fingerprint density at radius 2 is 1.85 bits per heavy atom. The van der Waals surface area contributed by atoms with Crippen molar-refractivity contribution in [3.8, 4) is 0 Å². The van der Waals surface area contributed by atoms with E-state index in [1.807, 2.05) is 18.2 Å². The first kappa shape index (κ1) is 18.6. The van der Waals surface area contributed by atoms with Crippen LogP contribution in [0, 0.1) is 0 Å². The van der Waals surface area contributed by atoms with Crippen molar-refractivity contribution in [1.82, 2.24) is 10.0 Å². The molecule has 1 unspecified atom stereocenters. The van der Waals surface area contributed by atoms with Gasteiger partial charge in [0.2, 0.25) is 10.0 Å². The van der Waals surface area contributed by atoms with Crippen molar-refractivity contribution in [1.29, 1.82) is 0 Å². The summed E-state index contributed by atoms with van der Waals surface area (Å²) in [5, 5.41) is 2.93. The number of rotatable bonds is 8. The van der Waals surface area contributed by atoms with Crippen molar-refractivity contribution in [2.24, 2.45) is 0 Å². The van der Waals surface area contributed by atoms with Crippen molar-refractivity contribution in [3.05, 3.63) is 65.7 Å². The quantitative estimate of drug-likeness (QED) is 0.748. The first-order valence-electron chi connectivity index (χ1n) is 8.95. The summed E-state index contributed by atoms with van der Waals surface area (Å²) in [5.41, 5.74) is 1.53. The van der Waals surface area contributed by atoms with Crippen LogP contribution in [0.4, 0.5) is 0 Å². The molecular formula is C20H24N2O3S. The highest BCUT2D eigenvalue weighted by molar-refractivity contribution is 7.89. The highest BCUT2D eigenvalue weighted by Gasteiger charge is 2.28. The van der Waals surface area contributed by atoms with Gasteiger partial charge in [0.25, 0.3) is 5.91 Å². The lowest BCUT2D eigenvalue weighted by Crippen LogP contribution is -2.29. The van der Waals surface area contributed by atoms with E-state index in [1.54, 1.807) is 12.1 Å². The van der Waals surface area contributed by atoms with Gasteiger partial charge >= 0.3 is 0 Å². The molecule has 2 aromatic carbocycles. The van der Waals surface area contributed by atoms with Gasteiger partial charge in [0.15, 0.2) is 0 Å². The molecule has 26 heavy (non-hydrogen) atoms. The summed E-state index contributed by atoms with van der Waals surface area (Å²) in [7, 11) is -3.56. The lowest BCUT2D eigenvalue weighted by molar-refractivity contribution is 0.0950. The molecule has 2 aromatic rings. The number of carbonyl (C=O) groups excluding carboxylic acids is 1. The van der Waals surface area contributed by atoms with Gasteiger partial charge in [-0.3, -0.25) is 4.79 Å². The molecule has 6 heteroatoms. The Kier molecular flexibility index (Phi) is 5.74. The minimum Gasteiger partial charge on any atom is -0.351 e. The largest absolute Gasteiger partial charge is 0.351 e. The van der Waals surface area contributed by atoms with E-state index >= 15 is 0 Å². The SMILES string of the molecule is CCC(CNC(=O)c1cccc(S(=O)(=O)NC2CC2)c1)c1ccccc1. The van der Waals surface area contributed by atoms with E-state index in [4.69, 9.17) is 0 Å². The molecule has 2 N–H and O–H groups in total. The summed E-state index contributed by atoms with van der Waals surface area (Å²) in [6.45, 7) is 2.59. The Labute approximate surface area is 154 Å². The second-order valence-corrected chi connectivity index (χ2v) is 8.36. The van der Waals surface area contributed by atoms with Crippen LogP contribution in [-0.4, -0.2) is 26.9 Å². The number of hydrogen-bond acceptors (Lipinski definition) is 3. The van der Waals surface area contributed by atoms with Crippen LogP contribution < -0.4 is 10.0 Å². The minimum absolute atomic E-state index is 0.0358. The van der Waals surface area contributed by atoms with Crippen molar-refractivity contribution in [3.63, 3.8) is 0 Å². The smallest absolute Gasteiger partial charge is 0.251 e. The van der Waals surface area contributed by atoms with Gasteiger partial charge in [-0.25, -0.2) is 13.1 Å². The van der Waals surface area contributed by atoms with E-state index in [0.29, 0.717) is 12.1 Å². The first-order valence-corrected chi connectivity index (χ1v) is 10.4. The number of benzene rings is 2. The summed E-state index contributed by atoms with van der Waals surface area (Å²) in [6.07, 6.45) is 2.65. The molecule has 0 saturated heterocycles. The summed E-state index contributed by atoms with van der Waals surface area (Å²) in [6, 6.07) is 16.3. The second-order valence-electron chi connectivity index (χ2n) is 6.65. The molecule has 1 amide bonds. The summed E-state index contributed by atoms with van der Waals surface area (Å²) < 4.78 is 27.3. The molecule has 5 nitrogen and oxygen atoms in total. The van der Waals surface area contributed by atoms with Gasteiger partial charge < -0.3 is 5.32 Å². The Hall–Kier alpha value is -2.18. The molecule has 0 aliphatic heterocycles. The summed E-state index contributed by atoms with van der Waals surface area (Å²) >= 11 is 0. The summed E-state index contributed by atoms with van der Waals surface area (Å²) in [5.74, 6) is -0.0357. The lowest BCUT2D eigenvalue weighted by atomic mass is 9.96. The average molecular weight is 372 g/mol. The zero-order valence-corrected chi connectivity index (χ0v) is 15.6. The number of amides is 1. The number of nitrogens with one attached hydrogen (secondary N) is 2. The van der Waals surface area contributed by atoms with Crippen molar-refractivity contribution in [2.45, 2.75) is 43.0 Å². The van der Waals surface area contributed by atoms with Crippen LogP contribution in [0.5, 0.6) is 0 Å². The van der Waals surface area contributed by atoms with Gasteiger partial charge in [0, 0.05) is 24.1 Å². The third kappa shape index (κ3) is 4.71. The highest BCUT2D eigenvalue weighted by Crippen LogP contribution is 2.22. The van der Waals surface area contributed by atoms with Crippen molar-refractivity contribution >= 4 is 15.9 Å². The molecule has 1 saturated carbocycles. The third-order valence-electron chi connectivity index (χ3n) is 4.58. The Balaban J connectivity index is 1.67. The maximum absolute atomic E-state index is 12.5. The normalized spacial score (nSPS) is 15.4. The molecule has 138 valence electrons. The van der Waals surface area contributed by atoms with Crippen molar-refractivity contribution in [2.75, 3.05) is 6.54 Å². The molecule has 0 spiro atoms. The molecule has 0 aromatic heterocycles. The Morgan fingerprint density at radius 1 is 1.12 bits per heavy atom. The molecule has 1 aliphatic carbocycles. The molecule has 1 fully saturated rings. The van der Waals surface area contributed by atoms with Gasteiger partial charge in [-0.2, -0.15) is 0 Å². The lowest BCUT2D eigenvalue weighted by Gasteiger charge is -2.16. The van der Waals surface area contributed by atoms with Crippen LogP contribution in [0.1, 0.15) is 48.0 Å². The molecular weight excluding hydrogens is 348 g/mol. The van der Waals surface area contributed by atoms with Crippen molar-refractivity contribution < 1.29 is 13.2 Å². The number of hydrogen-bond donors (Lipinski definition) is 2. The minimum atomic E-state index is -3.56. The average Bonchev–Trinajstić information content (AvgIpc) is 3.46. The molecule has 0 heterocycles. The fourth-order valence-corrected chi connectivity index (χ4v) is 4.18. The fraction of sp³-hybridized carbons (Fsp3) is 0.350. The van der Waals surface area contributed by atoms with Crippen LogP contribution in [0.15, 0.2) is 59.5 Å². The van der Waals surface area contributed by atoms with E-state index in [2.05, 4.69) is 29.1 Å². The predicted molar refractivity (Wildman–Crippen MR) is 102 cm³/mol. The van der Waals surface area contributed by atoms with Gasteiger partial charge in [-0.1, -0.05) is 43.3 Å². The van der Waals surface area contributed by atoms with E-state index in [1.165, 1.54) is 17.7 Å². The van der Waals surface area contributed by atoms with Gasteiger partial charge in [0.05, 0.1) is 4.90 Å². The number of carbonyl (C=O) groups is 1. The van der Waals surface area contributed by atoms with E-state index in [0.717, 1.165) is 19.3 Å². The van der Waals surface area contributed by atoms with E-state index < -0.39 is 10.0 Å². The highest BCUT2D eigenvalue weighted by atomic mass is 32.2. The Bertz CT molecular complexity index is 862.